The van der Waals surface area contributed by atoms with Gasteiger partial charge >= 0.3 is 5.97 Å². The van der Waals surface area contributed by atoms with Gasteiger partial charge in [0.05, 0.1) is 12.2 Å². The minimum absolute atomic E-state index is 0.0405. The van der Waals surface area contributed by atoms with Crippen LogP contribution in [-0.4, -0.2) is 40.7 Å². The van der Waals surface area contributed by atoms with Gasteiger partial charge in [-0.3, -0.25) is 9.59 Å². The first-order chi connectivity index (χ1) is 9.54. The van der Waals surface area contributed by atoms with Crippen LogP contribution in [0.4, 0.5) is 4.39 Å². The number of amides is 1. The zero-order chi connectivity index (χ0) is 14.5. The zero-order valence-electron chi connectivity index (χ0n) is 10.9. The first-order valence-electron chi connectivity index (χ1n) is 6.36. The third-order valence-corrected chi connectivity index (χ3v) is 4.17. The summed E-state index contributed by atoms with van der Waals surface area (Å²) in [5, 5.41) is 8.63. The number of carboxylic acid groups (broad SMARTS) is 1. The van der Waals surface area contributed by atoms with Crippen molar-refractivity contribution in [2.24, 2.45) is 5.92 Å². The maximum Gasteiger partial charge on any atom is 0.303 e. The predicted molar refractivity (Wildman–Crippen MR) is 74.9 cm³/mol. The second-order valence-corrected chi connectivity index (χ2v) is 5.87. The molecule has 20 heavy (non-hydrogen) atoms. The van der Waals surface area contributed by atoms with E-state index in [1.807, 2.05) is 0 Å². The molecule has 1 aliphatic heterocycles. The fourth-order valence-electron chi connectivity index (χ4n) is 2.08. The van der Waals surface area contributed by atoms with Gasteiger partial charge in [0.1, 0.15) is 5.82 Å². The lowest BCUT2D eigenvalue weighted by molar-refractivity contribution is -0.143. The standard InChI is InChI=1S/C14H16FNO3S/c15-12-3-1-10(2-4-12)8-20-9-13(17)16-6-11(7-16)5-14(18)19/h1-4,11H,5-9H2,(H,18,19). The van der Waals surface area contributed by atoms with Gasteiger partial charge < -0.3 is 10.0 Å². The van der Waals surface area contributed by atoms with Crippen LogP contribution in [-0.2, 0) is 15.3 Å². The molecule has 0 unspecified atom stereocenters. The third-order valence-electron chi connectivity index (χ3n) is 3.18. The Morgan fingerprint density at radius 3 is 2.55 bits per heavy atom. The molecule has 1 aromatic carbocycles. The Morgan fingerprint density at radius 2 is 1.95 bits per heavy atom. The lowest BCUT2D eigenvalue weighted by Crippen LogP contribution is -2.51. The summed E-state index contributed by atoms with van der Waals surface area (Å²) in [7, 11) is 0. The highest BCUT2D eigenvalue weighted by Gasteiger charge is 2.31. The number of hydrogen-bond donors (Lipinski definition) is 1. The van der Waals surface area contributed by atoms with E-state index in [9.17, 15) is 14.0 Å². The van der Waals surface area contributed by atoms with Crippen LogP contribution in [0, 0.1) is 11.7 Å². The summed E-state index contributed by atoms with van der Waals surface area (Å²) in [6.07, 6.45) is 0.131. The first kappa shape index (κ1) is 14.8. The monoisotopic (exact) mass is 297 g/mol. The molecule has 6 heteroatoms. The number of likely N-dealkylation sites (tertiary alicyclic amines) is 1. The van der Waals surface area contributed by atoms with Crippen molar-refractivity contribution in [3.8, 4) is 0 Å². The molecule has 1 aliphatic rings. The van der Waals surface area contributed by atoms with Crippen molar-refractivity contribution in [3.05, 3.63) is 35.6 Å². The maximum absolute atomic E-state index is 12.7. The van der Waals surface area contributed by atoms with Crippen LogP contribution in [0.2, 0.25) is 0 Å². The largest absolute Gasteiger partial charge is 0.481 e. The number of aliphatic carboxylic acids is 1. The van der Waals surface area contributed by atoms with E-state index in [4.69, 9.17) is 5.11 Å². The highest BCUT2D eigenvalue weighted by Crippen LogP contribution is 2.21. The minimum atomic E-state index is -0.812. The van der Waals surface area contributed by atoms with E-state index in [0.29, 0.717) is 24.6 Å². The summed E-state index contributed by atoms with van der Waals surface area (Å²) >= 11 is 1.48. The average Bonchev–Trinajstić information content (AvgIpc) is 2.35. The fraction of sp³-hybridized carbons (Fsp3) is 0.429. The smallest absolute Gasteiger partial charge is 0.303 e. The molecular weight excluding hydrogens is 281 g/mol. The number of halogens is 1. The second kappa shape index (κ2) is 6.74. The first-order valence-corrected chi connectivity index (χ1v) is 7.52. The molecule has 0 aliphatic carbocycles. The third kappa shape index (κ3) is 4.23. The molecule has 4 nitrogen and oxygen atoms in total. The van der Waals surface area contributed by atoms with Gasteiger partial charge in [-0.25, -0.2) is 4.39 Å². The molecule has 0 atom stereocenters. The number of hydrogen-bond acceptors (Lipinski definition) is 3. The van der Waals surface area contributed by atoms with Gasteiger partial charge in [-0.05, 0) is 17.7 Å². The molecule has 1 N–H and O–H groups in total. The number of carbonyl (C=O) groups is 2. The molecule has 1 amide bonds. The van der Waals surface area contributed by atoms with Crippen LogP contribution < -0.4 is 0 Å². The minimum Gasteiger partial charge on any atom is -0.481 e. The number of nitrogens with zero attached hydrogens (tertiary/aromatic N) is 1. The summed E-state index contributed by atoms with van der Waals surface area (Å²) in [6, 6.07) is 6.23. The molecule has 1 fully saturated rings. The van der Waals surface area contributed by atoms with Gasteiger partial charge in [0.15, 0.2) is 0 Å². The van der Waals surface area contributed by atoms with Crippen LogP contribution in [0.25, 0.3) is 0 Å². The molecule has 0 bridgehead atoms. The van der Waals surface area contributed by atoms with Crippen molar-refractivity contribution >= 4 is 23.6 Å². The topological polar surface area (TPSA) is 57.6 Å². The van der Waals surface area contributed by atoms with Crippen LogP contribution in [0.5, 0.6) is 0 Å². The molecule has 1 saturated heterocycles. The summed E-state index contributed by atoms with van der Waals surface area (Å²) in [6.45, 7) is 1.09. The van der Waals surface area contributed by atoms with Crippen LogP contribution in [0.3, 0.4) is 0 Å². The quantitative estimate of drug-likeness (QED) is 0.872. The van der Waals surface area contributed by atoms with E-state index in [1.165, 1.54) is 23.9 Å². The predicted octanol–water partition coefficient (Wildman–Crippen LogP) is 1.99. The molecular formula is C14H16FNO3S. The van der Waals surface area contributed by atoms with Gasteiger partial charge in [0.25, 0.3) is 0 Å². The summed E-state index contributed by atoms with van der Waals surface area (Å²) in [4.78, 5) is 24.0. The molecule has 1 aromatic rings. The lowest BCUT2D eigenvalue weighted by atomic mass is 9.96. The number of thioether (sulfide) groups is 1. The summed E-state index contributed by atoms with van der Waals surface area (Å²) in [5.41, 5.74) is 0.983. The average molecular weight is 297 g/mol. The second-order valence-electron chi connectivity index (χ2n) is 4.88. The number of benzene rings is 1. The van der Waals surface area contributed by atoms with Crippen molar-refractivity contribution < 1.29 is 19.1 Å². The Morgan fingerprint density at radius 1 is 1.30 bits per heavy atom. The zero-order valence-corrected chi connectivity index (χ0v) is 11.7. The molecule has 0 saturated carbocycles. The number of rotatable bonds is 6. The number of carbonyl (C=O) groups excluding carboxylic acids is 1. The van der Waals surface area contributed by atoms with Crippen LogP contribution >= 0.6 is 11.8 Å². The van der Waals surface area contributed by atoms with Crippen LogP contribution in [0.1, 0.15) is 12.0 Å². The fourth-order valence-corrected chi connectivity index (χ4v) is 2.97. The van der Waals surface area contributed by atoms with Gasteiger partial charge in [-0.2, -0.15) is 0 Å². The summed E-state index contributed by atoms with van der Waals surface area (Å²) < 4.78 is 12.7. The lowest BCUT2D eigenvalue weighted by Gasteiger charge is -2.38. The van der Waals surface area contributed by atoms with E-state index in [1.54, 1.807) is 17.0 Å². The van der Waals surface area contributed by atoms with Gasteiger partial charge in [-0.15, -0.1) is 11.8 Å². The molecule has 108 valence electrons. The van der Waals surface area contributed by atoms with E-state index in [0.717, 1.165) is 5.56 Å². The Bertz CT molecular complexity index is 486. The molecule has 1 heterocycles. The SMILES string of the molecule is O=C(O)CC1CN(C(=O)CSCc2ccc(F)cc2)C1. The van der Waals surface area contributed by atoms with Gasteiger partial charge in [0.2, 0.25) is 5.91 Å². The van der Waals surface area contributed by atoms with Crippen LogP contribution in [0.15, 0.2) is 24.3 Å². The normalized spacial score (nSPS) is 14.9. The Hall–Kier alpha value is -1.56. The Balaban J connectivity index is 1.64. The Kier molecular flexibility index (Phi) is 5.00. The van der Waals surface area contributed by atoms with Crippen molar-refractivity contribution in [1.82, 2.24) is 4.90 Å². The van der Waals surface area contributed by atoms with E-state index in [2.05, 4.69) is 0 Å². The molecule has 2 rings (SSSR count). The van der Waals surface area contributed by atoms with Crippen molar-refractivity contribution in [1.29, 1.82) is 0 Å². The molecule has 0 radical (unpaired) electrons. The van der Waals surface area contributed by atoms with E-state index < -0.39 is 5.97 Å². The van der Waals surface area contributed by atoms with Crippen molar-refractivity contribution in [2.45, 2.75) is 12.2 Å². The molecule has 0 spiro atoms. The molecule has 0 aromatic heterocycles. The summed E-state index contributed by atoms with van der Waals surface area (Å²) in [5.74, 6) is 0.0974. The van der Waals surface area contributed by atoms with Crippen molar-refractivity contribution in [2.75, 3.05) is 18.8 Å². The van der Waals surface area contributed by atoms with Gasteiger partial charge in [-0.1, -0.05) is 12.1 Å². The Labute approximate surface area is 121 Å². The maximum atomic E-state index is 12.7. The highest BCUT2D eigenvalue weighted by molar-refractivity contribution is 7.99. The highest BCUT2D eigenvalue weighted by atomic mass is 32.2. The van der Waals surface area contributed by atoms with Gasteiger partial charge in [0, 0.05) is 24.8 Å². The van der Waals surface area contributed by atoms with E-state index >= 15 is 0 Å². The van der Waals surface area contributed by atoms with Crippen molar-refractivity contribution in [3.63, 3.8) is 0 Å². The van der Waals surface area contributed by atoms with E-state index in [-0.39, 0.29) is 24.1 Å². The number of carboxylic acids is 1.